The molecule has 0 bridgehead atoms. The van der Waals surface area contributed by atoms with Gasteiger partial charge in [-0.15, -0.1) is 13.2 Å². The van der Waals surface area contributed by atoms with Crippen LogP contribution in [0.25, 0.3) is 5.57 Å². The van der Waals surface area contributed by atoms with Crippen molar-refractivity contribution in [2.24, 2.45) is 0 Å². The monoisotopic (exact) mass is 450 g/mol. The topological polar surface area (TPSA) is 49.9 Å². The minimum atomic E-state index is -4.89. The molecule has 5 nitrogen and oxygen atoms in total. The minimum absolute atomic E-state index is 0.00247. The van der Waals surface area contributed by atoms with E-state index in [1.54, 1.807) is 30.3 Å². The van der Waals surface area contributed by atoms with Crippen LogP contribution in [-0.4, -0.2) is 24.7 Å². The molecule has 166 valence electrons. The zero-order valence-corrected chi connectivity index (χ0v) is 17.2. The van der Waals surface area contributed by atoms with Crippen LogP contribution in [0.3, 0.4) is 0 Å². The van der Waals surface area contributed by atoms with Gasteiger partial charge in [0.2, 0.25) is 0 Å². The Bertz CT molecular complexity index is 1290. The van der Waals surface area contributed by atoms with E-state index in [2.05, 4.69) is 4.74 Å². The molecule has 0 atom stereocenters. The molecule has 0 spiro atoms. The van der Waals surface area contributed by atoms with E-state index in [4.69, 9.17) is 0 Å². The summed E-state index contributed by atoms with van der Waals surface area (Å²) in [6.07, 6.45) is -4.19. The summed E-state index contributed by atoms with van der Waals surface area (Å²) >= 11 is 0. The molecule has 0 unspecified atom stereocenters. The molecule has 2 aliphatic rings. The molecule has 8 heteroatoms. The number of halogens is 3. The van der Waals surface area contributed by atoms with Crippen LogP contribution in [0.15, 0.2) is 84.6 Å². The Labute approximate surface area is 187 Å². The number of hydrogen-bond donors (Lipinski definition) is 0. The van der Waals surface area contributed by atoms with Crippen molar-refractivity contribution in [1.29, 1.82) is 0 Å². The number of para-hydroxylation sites is 1. The second-order valence-corrected chi connectivity index (χ2v) is 7.61. The summed E-state index contributed by atoms with van der Waals surface area (Å²) in [6.45, 7) is 0.509. The molecule has 2 amide bonds. The SMILES string of the molecule is O=C1C(c2ccccc2)=C(N2CCc3ccccc32)C(=O)N1c1cccc(OC(F)(F)F)c1. The van der Waals surface area contributed by atoms with Crippen LogP contribution in [0.5, 0.6) is 5.75 Å². The van der Waals surface area contributed by atoms with E-state index in [9.17, 15) is 22.8 Å². The lowest BCUT2D eigenvalue weighted by molar-refractivity contribution is -0.274. The highest BCUT2D eigenvalue weighted by molar-refractivity contribution is 6.46. The van der Waals surface area contributed by atoms with Gasteiger partial charge in [0.05, 0.1) is 11.3 Å². The Hall–Kier alpha value is -4.07. The van der Waals surface area contributed by atoms with Gasteiger partial charge in [-0.3, -0.25) is 9.59 Å². The highest BCUT2D eigenvalue weighted by Crippen LogP contribution is 2.40. The summed E-state index contributed by atoms with van der Waals surface area (Å²) < 4.78 is 42.1. The molecule has 0 N–H and O–H groups in total. The average molecular weight is 450 g/mol. The molecule has 3 aromatic carbocycles. The van der Waals surface area contributed by atoms with Gasteiger partial charge in [0, 0.05) is 18.3 Å². The van der Waals surface area contributed by atoms with Crippen molar-refractivity contribution in [2.75, 3.05) is 16.3 Å². The molecule has 5 rings (SSSR count). The van der Waals surface area contributed by atoms with Gasteiger partial charge >= 0.3 is 6.36 Å². The number of benzene rings is 3. The van der Waals surface area contributed by atoms with E-state index >= 15 is 0 Å². The number of nitrogens with zero attached hydrogens (tertiary/aromatic N) is 2. The van der Waals surface area contributed by atoms with Crippen LogP contribution >= 0.6 is 0 Å². The predicted molar refractivity (Wildman–Crippen MR) is 116 cm³/mol. The van der Waals surface area contributed by atoms with Gasteiger partial charge in [-0.2, -0.15) is 0 Å². The Kier molecular flexibility index (Phi) is 4.92. The molecule has 2 heterocycles. The molecule has 2 aliphatic heterocycles. The molecular weight excluding hydrogens is 433 g/mol. The number of imide groups is 1. The molecule has 0 fully saturated rings. The smallest absolute Gasteiger partial charge is 0.406 e. The quantitative estimate of drug-likeness (QED) is 0.529. The second kappa shape index (κ2) is 7.81. The molecule has 0 saturated carbocycles. The number of alkyl halides is 3. The highest BCUT2D eigenvalue weighted by Gasteiger charge is 2.44. The molecule has 0 radical (unpaired) electrons. The number of carbonyl (C=O) groups excluding carboxylic acids is 2. The van der Waals surface area contributed by atoms with Crippen molar-refractivity contribution in [2.45, 2.75) is 12.8 Å². The Morgan fingerprint density at radius 1 is 0.818 bits per heavy atom. The number of rotatable bonds is 4. The van der Waals surface area contributed by atoms with E-state index in [0.29, 0.717) is 18.5 Å². The van der Waals surface area contributed by atoms with Crippen LogP contribution in [-0.2, 0) is 16.0 Å². The standard InChI is InChI=1S/C25H17F3N2O3/c26-25(27,28)33-19-11-6-10-18(15-19)30-23(31)21(17-8-2-1-3-9-17)22(24(30)32)29-14-13-16-7-4-5-12-20(16)29/h1-12,15H,13-14H2. The third-order valence-electron chi connectivity index (χ3n) is 5.59. The first-order valence-corrected chi connectivity index (χ1v) is 10.2. The van der Waals surface area contributed by atoms with E-state index in [0.717, 1.165) is 28.3 Å². The molecule has 3 aromatic rings. The largest absolute Gasteiger partial charge is 0.573 e. The fourth-order valence-corrected chi connectivity index (χ4v) is 4.26. The van der Waals surface area contributed by atoms with Gasteiger partial charge in [-0.25, -0.2) is 4.90 Å². The van der Waals surface area contributed by atoms with Crippen LogP contribution in [0.2, 0.25) is 0 Å². The van der Waals surface area contributed by atoms with Crippen molar-refractivity contribution in [1.82, 2.24) is 0 Å². The fourth-order valence-electron chi connectivity index (χ4n) is 4.26. The lowest BCUT2D eigenvalue weighted by atomic mass is 10.0. The van der Waals surface area contributed by atoms with Crippen molar-refractivity contribution >= 4 is 28.8 Å². The van der Waals surface area contributed by atoms with Gasteiger partial charge in [-0.05, 0) is 35.7 Å². The molecular formula is C25H17F3N2O3. The number of fused-ring (bicyclic) bond motifs is 1. The Morgan fingerprint density at radius 3 is 2.30 bits per heavy atom. The lowest BCUT2D eigenvalue weighted by Crippen LogP contribution is -2.35. The van der Waals surface area contributed by atoms with Crippen LogP contribution in [0, 0.1) is 0 Å². The first-order valence-electron chi connectivity index (χ1n) is 10.2. The van der Waals surface area contributed by atoms with E-state index in [1.807, 2.05) is 29.2 Å². The van der Waals surface area contributed by atoms with Gasteiger partial charge in [0.15, 0.2) is 0 Å². The van der Waals surface area contributed by atoms with Gasteiger partial charge in [0.1, 0.15) is 11.4 Å². The summed E-state index contributed by atoms with van der Waals surface area (Å²) in [5.41, 5.74) is 2.86. The summed E-state index contributed by atoms with van der Waals surface area (Å²) in [7, 11) is 0. The maximum absolute atomic E-state index is 13.6. The summed E-state index contributed by atoms with van der Waals surface area (Å²) in [5.74, 6) is -1.71. The Morgan fingerprint density at radius 2 is 1.55 bits per heavy atom. The average Bonchev–Trinajstić information content (AvgIpc) is 3.31. The highest BCUT2D eigenvalue weighted by atomic mass is 19.4. The Balaban J connectivity index is 1.61. The zero-order chi connectivity index (χ0) is 23.2. The van der Waals surface area contributed by atoms with E-state index < -0.39 is 23.9 Å². The second-order valence-electron chi connectivity index (χ2n) is 7.61. The van der Waals surface area contributed by atoms with Gasteiger partial charge < -0.3 is 9.64 Å². The first kappa shape index (κ1) is 20.8. The van der Waals surface area contributed by atoms with Gasteiger partial charge in [0.25, 0.3) is 11.8 Å². The molecule has 0 saturated heterocycles. The number of hydrogen-bond acceptors (Lipinski definition) is 4. The number of carbonyl (C=O) groups is 2. The lowest BCUT2D eigenvalue weighted by Gasteiger charge is -2.22. The number of anilines is 2. The molecule has 0 aliphatic carbocycles. The number of ether oxygens (including phenoxy) is 1. The van der Waals surface area contributed by atoms with E-state index in [1.165, 1.54) is 12.1 Å². The number of amides is 2. The molecule has 0 aromatic heterocycles. The summed E-state index contributed by atoms with van der Waals surface area (Å²) in [6, 6.07) is 21.3. The minimum Gasteiger partial charge on any atom is -0.406 e. The fraction of sp³-hybridized carbons (Fsp3) is 0.120. The summed E-state index contributed by atoms with van der Waals surface area (Å²) in [5, 5.41) is 0. The predicted octanol–water partition coefficient (Wildman–Crippen LogP) is 4.93. The van der Waals surface area contributed by atoms with Crippen molar-refractivity contribution in [3.63, 3.8) is 0 Å². The summed E-state index contributed by atoms with van der Waals surface area (Å²) in [4.78, 5) is 29.9. The van der Waals surface area contributed by atoms with E-state index in [-0.39, 0.29) is 17.0 Å². The van der Waals surface area contributed by atoms with Crippen LogP contribution < -0.4 is 14.5 Å². The first-order chi connectivity index (χ1) is 15.8. The van der Waals surface area contributed by atoms with Crippen molar-refractivity contribution in [3.05, 3.63) is 95.7 Å². The van der Waals surface area contributed by atoms with Gasteiger partial charge in [-0.1, -0.05) is 54.6 Å². The maximum Gasteiger partial charge on any atom is 0.573 e. The molecule has 33 heavy (non-hydrogen) atoms. The normalized spacial score (nSPS) is 16.0. The third kappa shape index (κ3) is 3.73. The van der Waals surface area contributed by atoms with Crippen LogP contribution in [0.1, 0.15) is 11.1 Å². The van der Waals surface area contributed by atoms with Crippen molar-refractivity contribution in [3.8, 4) is 5.75 Å². The van der Waals surface area contributed by atoms with Crippen molar-refractivity contribution < 1.29 is 27.5 Å². The van der Waals surface area contributed by atoms with Crippen LogP contribution in [0.4, 0.5) is 24.5 Å². The zero-order valence-electron chi connectivity index (χ0n) is 17.2. The maximum atomic E-state index is 13.6. The third-order valence-corrected chi connectivity index (χ3v) is 5.59.